The van der Waals surface area contributed by atoms with E-state index in [0.29, 0.717) is 25.7 Å². The number of carbonyl (C=O) groups is 1. The van der Waals surface area contributed by atoms with Gasteiger partial charge in [0.25, 0.3) is 0 Å². The maximum Gasteiger partial charge on any atom is 0.391 e. The summed E-state index contributed by atoms with van der Waals surface area (Å²) in [7, 11) is 0. The number of hydrogen-bond acceptors (Lipinski definition) is 2. The Balaban J connectivity index is 0.00000200. The first-order valence-electron chi connectivity index (χ1n) is 6.98. The van der Waals surface area contributed by atoms with E-state index in [1.807, 2.05) is 0 Å². The predicted octanol–water partition coefficient (Wildman–Crippen LogP) is 2.92. The van der Waals surface area contributed by atoms with Crippen molar-refractivity contribution in [3.05, 3.63) is 0 Å². The molecule has 2 rings (SSSR count). The lowest BCUT2D eigenvalue weighted by Crippen LogP contribution is -2.55. The molecule has 3 N–H and O–H groups in total. The molecule has 7 heteroatoms. The Morgan fingerprint density at radius 2 is 1.60 bits per heavy atom. The van der Waals surface area contributed by atoms with Crippen molar-refractivity contribution in [2.75, 3.05) is 0 Å². The minimum absolute atomic E-state index is 0. The van der Waals surface area contributed by atoms with Crippen LogP contribution in [0, 0.1) is 5.92 Å². The summed E-state index contributed by atoms with van der Waals surface area (Å²) in [5.74, 6) is -1.39. The number of alkyl halides is 3. The molecule has 0 saturated heterocycles. The Morgan fingerprint density at radius 1 is 1.10 bits per heavy atom. The van der Waals surface area contributed by atoms with Crippen molar-refractivity contribution in [1.29, 1.82) is 0 Å². The SMILES string of the molecule is Cl.NC1(C(=O)NC2CCC(C(F)(F)F)CC2)CCCC1. The van der Waals surface area contributed by atoms with Gasteiger partial charge < -0.3 is 11.1 Å². The number of nitrogens with two attached hydrogens (primary N) is 1. The molecule has 0 aromatic rings. The first-order valence-corrected chi connectivity index (χ1v) is 6.98. The van der Waals surface area contributed by atoms with E-state index in [4.69, 9.17) is 5.73 Å². The summed E-state index contributed by atoms with van der Waals surface area (Å²) in [4.78, 5) is 12.1. The van der Waals surface area contributed by atoms with E-state index in [1.165, 1.54) is 0 Å². The van der Waals surface area contributed by atoms with Crippen LogP contribution in [-0.4, -0.2) is 23.7 Å². The average molecular weight is 315 g/mol. The minimum atomic E-state index is -4.10. The van der Waals surface area contributed by atoms with Gasteiger partial charge >= 0.3 is 6.18 Å². The third-order valence-electron chi connectivity index (χ3n) is 4.47. The van der Waals surface area contributed by atoms with E-state index in [0.717, 1.165) is 12.8 Å². The second-order valence-corrected chi connectivity index (χ2v) is 5.93. The van der Waals surface area contributed by atoms with Crippen LogP contribution < -0.4 is 11.1 Å². The highest BCUT2D eigenvalue weighted by atomic mass is 35.5. The monoisotopic (exact) mass is 314 g/mol. The molecule has 118 valence electrons. The van der Waals surface area contributed by atoms with Gasteiger partial charge in [0.1, 0.15) is 0 Å². The lowest BCUT2D eigenvalue weighted by Gasteiger charge is -2.32. The Kier molecular flexibility index (Phi) is 5.72. The maximum atomic E-state index is 12.5. The fourth-order valence-electron chi connectivity index (χ4n) is 3.13. The minimum Gasteiger partial charge on any atom is -0.352 e. The van der Waals surface area contributed by atoms with Crippen LogP contribution in [-0.2, 0) is 4.79 Å². The van der Waals surface area contributed by atoms with Gasteiger partial charge in [-0.05, 0) is 38.5 Å². The standard InChI is InChI=1S/C13H21F3N2O.ClH/c14-13(15,16)9-3-5-10(6-4-9)18-11(19)12(17)7-1-2-8-12;/h9-10H,1-8,17H2,(H,18,19);1H. The third-order valence-corrected chi connectivity index (χ3v) is 4.47. The van der Waals surface area contributed by atoms with E-state index in [2.05, 4.69) is 5.32 Å². The normalized spacial score (nSPS) is 29.6. The molecular weight excluding hydrogens is 293 g/mol. The zero-order valence-corrected chi connectivity index (χ0v) is 12.2. The lowest BCUT2D eigenvalue weighted by molar-refractivity contribution is -0.182. The third kappa shape index (κ3) is 4.01. The van der Waals surface area contributed by atoms with Gasteiger partial charge in [0.2, 0.25) is 5.91 Å². The van der Waals surface area contributed by atoms with E-state index < -0.39 is 17.6 Å². The first kappa shape index (κ1) is 17.6. The summed E-state index contributed by atoms with van der Waals surface area (Å²) in [5, 5.41) is 2.84. The molecule has 0 unspecified atom stereocenters. The molecule has 0 spiro atoms. The molecule has 2 fully saturated rings. The topological polar surface area (TPSA) is 55.1 Å². The molecule has 20 heavy (non-hydrogen) atoms. The molecule has 0 atom stereocenters. The summed E-state index contributed by atoms with van der Waals surface area (Å²) >= 11 is 0. The van der Waals surface area contributed by atoms with Crippen LogP contribution in [0.25, 0.3) is 0 Å². The Bertz CT molecular complexity index is 335. The summed E-state index contributed by atoms with van der Waals surface area (Å²) in [6.45, 7) is 0. The number of carbonyl (C=O) groups excluding carboxylic acids is 1. The fraction of sp³-hybridized carbons (Fsp3) is 0.923. The van der Waals surface area contributed by atoms with Crippen molar-refractivity contribution in [1.82, 2.24) is 5.32 Å². The number of hydrogen-bond donors (Lipinski definition) is 2. The Hall–Kier alpha value is -0.490. The second kappa shape index (κ2) is 6.52. The first-order chi connectivity index (χ1) is 8.81. The molecule has 1 amide bonds. The average Bonchev–Trinajstić information content (AvgIpc) is 2.77. The van der Waals surface area contributed by atoms with E-state index in [1.54, 1.807) is 0 Å². The molecular formula is C13H22ClF3N2O. The van der Waals surface area contributed by atoms with E-state index >= 15 is 0 Å². The zero-order chi connectivity index (χ0) is 14.1. The van der Waals surface area contributed by atoms with E-state index in [-0.39, 0.29) is 37.2 Å². The van der Waals surface area contributed by atoms with Gasteiger partial charge in [0.15, 0.2) is 0 Å². The van der Waals surface area contributed by atoms with Crippen LogP contribution in [0.5, 0.6) is 0 Å². The highest BCUT2D eigenvalue weighted by Gasteiger charge is 2.43. The molecule has 0 radical (unpaired) electrons. The Morgan fingerprint density at radius 3 is 2.05 bits per heavy atom. The number of amides is 1. The van der Waals surface area contributed by atoms with Gasteiger partial charge in [-0.1, -0.05) is 12.8 Å². The zero-order valence-electron chi connectivity index (χ0n) is 11.3. The summed E-state index contributed by atoms with van der Waals surface area (Å²) < 4.78 is 37.6. The van der Waals surface area contributed by atoms with Crippen molar-refractivity contribution in [3.63, 3.8) is 0 Å². The molecule has 3 nitrogen and oxygen atoms in total. The van der Waals surface area contributed by atoms with Crippen molar-refractivity contribution in [2.24, 2.45) is 11.7 Å². The van der Waals surface area contributed by atoms with Crippen LogP contribution in [0.15, 0.2) is 0 Å². The van der Waals surface area contributed by atoms with Gasteiger partial charge in [-0.25, -0.2) is 0 Å². The second-order valence-electron chi connectivity index (χ2n) is 5.93. The van der Waals surface area contributed by atoms with Crippen molar-refractivity contribution in [3.8, 4) is 0 Å². The van der Waals surface area contributed by atoms with Crippen LogP contribution >= 0.6 is 12.4 Å². The van der Waals surface area contributed by atoms with E-state index in [9.17, 15) is 18.0 Å². The van der Waals surface area contributed by atoms with Gasteiger partial charge in [0.05, 0.1) is 11.5 Å². The summed E-state index contributed by atoms with van der Waals surface area (Å²) in [5.41, 5.74) is 5.23. The maximum absolute atomic E-state index is 12.5. The largest absolute Gasteiger partial charge is 0.391 e. The number of rotatable bonds is 2. The van der Waals surface area contributed by atoms with Gasteiger partial charge in [-0.2, -0.15) is 13.2 Å². The van der Waals surface area contributed by atoms with Gasteiger partial charge in [0, 0.05) is 6.04 Å². The summed E-state index contributed by atoms with van der Waals surface area (Å²) in [6.07, 6.45) is 0.147. The lowest BCUT2D eigenvalue weighted by atomic mass is 9.85. The van der Waals surface area contributed by atoms with Crippen LogP contribution in [0.4, 0.5) is 13.2 Å². The fourth-order valence-corrected chi connectivity index (χ4v) is 3.13. The van der Waals surface area contributed by atoms with Crippen LogP contribution in [0.1, 0.15) is 51.4 Å². The predicted molar refractivity (Wildman–Crippen MR) is 72.6 cm³/mol. The molecule has 2 aliphatic rings. The molecule has 2 aliphatic carbocycles. The quantitative estimate of drug-likeness (QED) is 0.823. The van der Waals surface area contributed by atoms with Crippen molar-refractivity contribution < 1.29 is 18.0 Å². The molecule has 0 aliphatic heterocycles. The van der Waals surface area contributed by atoms with Crippen LogP contribution in [0.2, 0.25) is 0 Å². The summed E-state index contributed by atoms with van der Waals surface area (Å²) in [6, 6.07) is -0.146. The molecule has 0 aromatic heterocycles. The smallest absolute Gasteiger partial charge is 0.352 e. The van der Waals surface area contributed by atoms with Crippen LogP contribution in [0.3, 0.4) is 0 Å². The van der Waals surface area contributed by atoms with Gasteiger partial charge in [-0.15, -0.1) is 12.4 Å². The van der Waals surface area contributed by atoms with Gasteiger partial charge in [-0.3, -0.25) is 4.79 Å². The highest BCUT2D eigenvalue weighted by molar-refractivity contribution is 5.86. The number of nitrogens with one attached hydrogen (secondary N) is 1. The number of halogens is 4. The Labute approximate surface area is 123 Å². The highest BCUT2D eigenvalue weighted by Crippen LogP contribution is 2.37. The molecule has 0 bridgehead atoms. The molecule has 2 saturated carbocycles. The molecule has 0 aromatic carbocycles. The van der Waals surface area contributed by atoms with Crippen molar-refractivity contribution >= 4 is 18.3 Å². The van der Waals surface area contributed by atoms with Crippen molar-refractivity contribution in [2.45, 2.75) is 69.1 Å². The molecule has 0 heterocycles.